The van der Waals surface area contributed by atoms with Gasteiger partial charge >= 0.3 is 0 Å². The van der Waals surface area contributed by atoms with Gasteiger partial charge in [-0.25, -0.2) is 0 Å². The highest BCUT2D eigenvalue weighted by Crippen LogP contribution is 2.67. The molecule has 0 saturated heterocycles. The summed E-state index contributed by atoms with van der Waals surface area (Å²) in [7, 11) is 0. The molecule has 4 aliphatic carbocycles. The summed E-state index contributed by atoms with van der Waals surface area (Å²) >= 11 is 0. The molecule has 0 aromatic carbocycles. The van der Waals surface area contributed by atoms with Gasteiger partial charge in [0.05, 0.1) is 6.10 Å². The zero-order chi connectivity index (χ0) is 21.0. The lowest BCUT2D eigenvalue weighted by atomic mass is 9.47. The maximum absolute atomic E-state index is 10.2. The average Bonchev–Trinajstić information content (AvgIpc) is 3.03. The smallest absolute Gasteiger partial charge is 0.0577 e. The average molecular weight is 401 g/mol. The Labute approximate surface area is 181 Å². The van der Waals surface area contributed by atoms with Gasteiger partial charge in [0, 0.05) is 0 Å². The topological polar surface area (TPSA) is 20.2 Å². The van der Waals surface area contributed by atoms with Crippen LogP contribution in [0.15, 0.2) is 11.6 Å². The molecule has 0 spiro atoms. The van der Waals surface area contributed by atoms with Crippen molar-refractivity contribution < 1.29 is 5.11 Å². The fraction of sp³-hybridized carbons (Fsp3) is 0.929. The zero-order valence-electron chi connectivity index (χ0n) is 20.2. The Bertz CT molecular complexity index is 620. The molecule has 0 amide bonds. The number of aliphatic hydroxyl groups is 1. The Kier molecular flexibility index (Phi) is 6.04. The highest BCUT2D eigenvalue weighted by Gasteiger charge is 2.59. The molecule has 0 aromatic heterocycles. The molecule has 4 rings (SSSR count). The van der Waals surface area contributed by atoms with Crippen LogP contribution < -0.4 is 0 Å². The van der Waals surface area contributed by atoms with Crippen LogP contribution >= 0.6 is 0 Å². The first kappa shape index (κ1) is 21.9. The summed E-state index contributed by atoms with van der Waals surface area (Å²) in [6.45, 7) is 15.1. The molecule has 4 aliphatic rings. The van der Waals surface area contributed by atoms with Crippen molar-refractivity contribution in [3.63, 3.8) is 0 Å². The van der Waals surface area contributed by atoms with Gasteiger partial charge in [0.2, 0.25) is 0 Å². The van der Waals surface area contributed by atoms with E-state index in [9.17, 15) is 5.11 Å². The Morgan fingerprint density at radius 3 is 2.45 bits per heavy atom. The molecule has 0 aliphatic heterocycles. The second-order valence-electron chi connectivity index (χ2n) is 12.7. The van der Waals surface area contributed by atoms with Crippen LogP contribution in [-0.4, -0.2) is 11.2 Å². The normalized spacial score (nSPS) is 46.5. The first-order valence-electron chi connectivity index (χ1n) is 13.0. The summed E-state index contributed by atoms with van der Waals surface area (Å²) in [5.41, 5.74) is 2.59. The van der Waals surface area contributed by atoms with Crippen LogP contribution in [-0.2, 0) is 0 Å². The third-order valence-corrected chi connectivity index (χ3v) is 11.1. The van der Waals surface area contributed by atoms with E-state index < -0.39 is 0 Å². The Balaban J connectivity index is 1.49. The van der Waals surface area contributed by atoms with E-state index in [0.717, 1.165) is 54.3 Å². The maximum Gasteiger partial charge on any atom is 0.0577 e. The minimum atomic E-state index is -0.0790. The Morgan fingerprint density at radius 2 is 1.72 bits per heavy atom. The number of hydrogen-bond acceptors (Lipinski definition) is 1. The zero-order valence-corrected chi connectivity index (χ0v) is 20.2. The SMILES string of the molecule is CC(C)[C@H](C)CC[C@@H](C)C1CCC2C3CC=C4CC(O)CC[C@]4(C)C3CC[C@@]21C. The van der Waals surface area contributed by atoms with Crippen molar-refractivity contribution in [1.29, 1.82) is 0 Å². The van der Waals surface area contributed by atoms with Crippen molar-refractivity contribution in [3.05, 3.63) is 11.6 Å². The largest absolute Gasteiger partial charge is 0.393 e. The molecule has 166 valence electrons. The van der Waals surface area contributed by atoms with Crippen LogP contribution in [0.1, 0.15) is 106 Å². The highest BCUT2D eigenvalue weighted by molar-refractivity contribution is 5.25. The first-order chi connectivity index (χ1) is 13.7. The van der Waals surface area contributed by atoms with Crippen LogP contribution in [0, 0.1) is 52.3 Å². The lowest BCUT2D eigenvalue weighted by Gasteiger charge is -2.58. The van der Waals surface area contributed by atoms with Gasteiger partial charge in [-0.1, -0.05) is 66.0 Å². The molecule has 9 atom stereocenters. The van der Waals surface area contributed by atoms with Crippen molar-refractivity contribution in [2.75, 3.05) is 0 Å². The number of hydrogen-bond donors (Lipinski definition) is 1. The van der Waals surface area contributed by atoms with Crippen molar-refractivity contribution in [2.24, 2.45) is 52.3 Å². The van der Waals surface area contributed by atoms with Crippen LogP contribution in [0.3, 0.4) is 0 Å². The summed E-state index contributed by atoms with van der Waals surface area (Å²) < 4.78 is 0. The Morgan fingerprint density at radius 1 is 0.966 bits per heavy atom. The maximum atomic E-state index is 10.2. The molecule has 5 unspecified atom stereocenters. The van der Waals surface area contributed by atoms with Crippen LogP contribution in [0.25, 0.3) is 0 Å². The number of allylic oxidation sites excluding steroid dienone is 1. The Hall–Kier alpha value is -0.300. The van der Waals surface area contributed by atoms with Gasteiger partial charge in [-0.2, -0.15) is 0 Å². The number of fused-ring (bicyclic) bond motifs is 5. The van der Waals surface area contributed by atoms with E-state index >= 15 is 0 Å². The van der Waals surface area contributed by atoms with Crippen molar-refractivity contribution >= 4 is 0 Å². The van der Waals surface area contributed by atoms with Gasteiger partial charge in [0.15, 0.2) is 0 Å². The van der Waals surface area contributed by atoms with E-state index in [4.69, 9.17) is 0 Å². The second-order valence-corrected chi connectivity index (χ2v) is 12.7. The van der Waals surface area contributed by atoms with E-state index in [0.29, 0.717) is 10.8 Å². The van der Waals surface area contributed by atoms with Crippen LogP contribution in [0.4, 0.5) is 0 Å². The summed E-state index contributed by atoms with van der Waals surface area (Å²) in [5.74, 6) is 6.24. The third kappa shape index (κ3) is 3.66. The highest BCUT2D eigenvalue weighted by atomic mass is 16.3. The first-order valence-corrected chi connectivity index (χ1v) is 13.0. The fourth-order valence-electron chi connectivity index (χ4n) is 8.68. The van der Waals surface area contributed by atoms with Gasteiger partial charge in [-0.15, -0.1) is 0 Å². The second kappa shape index (κ2) is 7.99. The predicted octanol–water partition coefficient (Wildman–Crippen LogP) is 7.63. The lowest BCUT2D eigenvalue weighted by molar-refractivity contribution is -0.0574. The summed E-state index contributed by atoms with van der Waals surface area (Å²) in [6.07, 6.45) is 15.7. The monoisotopic (exact) mass is 400 g/mol. The van der Waals surface area contributed by atoms with Gasteiger partial charge < -0.3 is 5.11 Å². The van der Waals surface area contributed by atoms with E-state index in [2.05, 4.69) is 47.6 Å². The molecule has 3 fully saturated rings. The predicted molar refractivity (Wildman–Crippen MR) is 124 cm³/mol. The summed E-state index contributed by atoms with van der Waals surface area (Å²) in [6, 6.07) is 0. The van der Waals surface area contributed by atoms with Crippen LogP contribution in [0.2, 0.25) is 0 Å². The lowest BCUT2D eigenvalue weighted by Crippen LogP contribution is -2.50. The molecule has 1 N–H and O–H groups in total. The minimum absolute atomic E-state index is 0.0790. The standard InChI is InChI=1S/C28H48O/c1-18(2)19(3)7-8-20(4)24-11-12-25-23-10-9-21-17-22(29)13-15-27(21,5)26(23)14-16-28(24,25)6/h9,18-20,22-26,29H,7-8,10-17H2,1-6H3/t19-,20-,22?,23?,24?,25?,26?,27+,28-/m1/s1. The van der Waals surface area contributed by atoms with E-state index in [1.807, 2.05) is 0 Å². The minimum Gasteiger partial charge on any atom is -0.393 e. The summed E-state index contributed by atoms with van der Waals surface area (Å²) in [4.78, 5) is 0. The molecule has 0 heterocycles. The van der Waals surface area contributed by atoms with E-state index in [1.54, 1.807) is 5.57 Å². The molecule has 29 heavy (non-hydrogen) atoms. The molecule has 0 radical (unpaired) electrons. The fourth-order valence-corrected chi connectivity index (χ4v) is 8.68. The quantitative estimate of drug-likeness (QED) is 0.470. The van der Waals surface area contributed by atoms with Gasteiger partial charge in [-0.05, 0) is 104 Å². The van der Waals surface area contributed by atoms with Crippen molar-refractivity contribution in [1.82, 2.24) is 0 Å². The molecular weight excluding hydrogens is 352 g/mol. The molecule has 3 saturated carbocycles. The third-order valence-electron chi connectivity index (χ3n) is 11.1. The number of rotatable bonds is 5. The summed E-state index contributed by atoms with van der Waals surface area (Å²) in [5, 5.41) is 10.2. The van der Waals surface area contributed by atoms with Gasteiger partial charge in [0.1, 0.15) is 0 Å². The van der Waals surface area contributed by atoms with Crippen LogP contribution in [0.5, 0.6) is 0 Å². The molecule has 0 aromatic rings. The molecule has 1 nitrogen and oxygen atoms in total. The molecule has 0 bridgehead atoms. The molecular formula is C28H48O. The molecule has 1 heteroatoms. The number of aliphatic hydroxyl groups excluding tert-OH is 1. The van der Waals surface area contributed by atoms with Crippen molar-refractivity contribution in [3.8, 4) is 0 Å². The van der Waals surface area contributed by atoms with Gasteiger partial charge in [-0.3, -0.25) is 0 Å². The van der Waals surface area contributed by atoms with E-state index in [1.165, 1.54) is 51.4 Å². The van der Waals surface area contributed by atoms with Crippen molar-refractivity contribution in [2.45, 2.75) is 112 Å². The van der Waals surface area contributed by atoms with Gasteiger partial charge in [0.25, 0.3) is 0 Å². The van der Waals surface area contributed by atoms with E-state index in [-0.39, 0.29) is 6.10 Å².